The van der Waals surface area contributed by atoms with E-state index in [0.29, 0.717) is 17.9 Å². The van der Waals surface area contributed by atoms with E-state index in [4.69, 9.17) is 18.2 Å². The first-order valence-corrected chi connectivity index (χ1v) is 15.1. The topological polar surface area (TPSA) is 61.9 Å². The van der Waals surface area contributed by atoms with Crippen molar-refractivity contribution in [2.75, 3.05) is 5.88 Å². The molecule has 2 unspecified atom stereocenters. The third kappa shape index (κ3) is 3.42. The number of allylic oxidation sites excluding steroid dienone is 1. The minimum absolute atomic E-state index is 0.0570. The molecular formula is C32H48ClNO3. The Labute approximate surface area is 229 Å². The summed E-state index contributed by atoms with van der Waals surface area (Å²) in [5.41, 5.74) is -0.610. The molecule has 4 nitrogen and oxygen atoms in total. The van der Waals surface area contributed by atoms with E-state index >= 15 is 0 Å². The molecule has 0 aromatic carbocycles. The number of hydrogen-bond acceptors (Lipinski definition) is 3. The standard InChI is InChI=1S/C32H48ClNO3/c1-27(2)11-13-32(24(36)18-33)14-12-31(7)25(19(32)16-27)21(35)15-23-29(5)17-20(34-8)26(37)28(3,4)22(29)9-10-30(23,31)6/h17,19,22-26,36-37H,9-16,18H2,1-7H3/t19-,22-,23+,24?,25-,26?,29-,30+,31+,32-/m0/s1. The molecule has 2 N–H and O–H groups in total. The zero-order chi connectivity index (χ0) is 27.4. The summed E-state index contributed by atoms with van der Waals surface area (Å²) in [5, 5.41) is 22.4. The van der Waals surface area contributed by atoms with Gasteiger partial charge in [0.15, 0.2) is 5.70 Å². The largest absolute Gasteiger partial charge is 0.399 e. The van der Waals surface area contributed by atoms with Crippen LogP contribution in [0.4, 0.5) is 0 Å². The smallest absolute Gasteiger partial charge is 0.190 e. The van der Waals surface area contributed by atoms with Gasteiger partial charge in [-0.3, -0.25) is 4.79 Å². The van der Waals surface area contributed by atoms with Crippen molar-refractivity contribution in [2.45, 2.75) is 112 Å². The molecule has 5 rings (SSSR count). The summed E-state index contributed by atoms with van der Waals surface area (Å²) >= 11 is 6.33. The Hall–Kier alpha value is -0.890. The molecule has 10 atom stereocenters. The molecule has 4 fully saturated rings. The molecule has 0 aromatic rings. The number of fused-ring (bicyclic) bond motifs is 7. The number of aliphatic hydroxyl groups excluding tert-OH is 2. The number of alkyl halides is 1. The molecule has 0 heterocycles. The van der Waals surface area contributed by atoms with Gasteiger partial charge in [0.1, 0.15) is 5.78 Å². The Morgan fingerprint density at radius 2 is 1.68 bits per heavy atom. The average molecular weight is 530 g/mol. The second-order valence-corrected chi connectivity index (χ2v) is 16.1. The molecule has 5 heteroatoms. The van der Waals surface area contributed by atoms with Gasteiger partial charge in [0.2, 0.25) is 0 Å². The van der Waals surface area contributed by atoms with Crippen molar-refractivity contribution in [3.63, 3.8) is 0 Å². The minimum Gasteiger partial charge on any atom is -0.399 e. The number of ketones is 1. The van der Waals surface area contributed by atoms with Crippen LogP contribution in [0.2, 0.25) is 0 Å². The summed E-state index contributed by atoms with van der Waals surface area (Å²) < 4.78 is 0. The first kappa shape index (κ1) is 27.7. The van der Waals surface area contributed by atoms with E-state index in [2.05, 4.69) is 59.4 Å². The zero-order valence-corrected chi connectivity index (χ0v) is 24.8. The highest BCUT2D eigenvalue weighted by Gasteiger charge is 2.72. The maximum Gasteiger partial charge on any atom is 0.190 e. The number of carbonyl (C=O) groups is 1. The Morgan fingerprint density at radius 3 is 2.30 bits per heavy atom. The van der Waals surface area contributed by atoms with Gasteiger partial charge in [0.25, 0.3) is 0 Å². The third-order valence-corrected chi connectivity index (χ3v) is 13.8. The van der Waals surface area contributed by atoms with Gasteiger partial charge in [0.05, 0.1) is 18.8 Å². The number of carbonyl (C=O) groups excluding carboxylic acids is 1. The summed E-state index contributed by atoms with van der Waals surface area (Å²) in [6.45, 7) is 23.8. The molecule has 5 aliphatic rings. The van der Waals surface area contributed by atoms with Crippen LogP contribution in [-0.4, -0.2) is 34.1 Å². The molecule has 37 heavy (non-hydrogen) atoms. The molecule has 0 saturated heterocycles. The van der Waals surface area contributed by atoms with E-state index in [0.717, 1.165) is 44.9 Å². The van der Waals surface area contributed by atoms with E-state index in [1.165, 1.54) is 0 Å². The van der Waals surface area contributed by atoms with E-state index in [1.807, 2.05) is 0 Å². The predicted molar refractivity (Wildman–Crippen MR) is 148 cm³/mol. The van der Waals surface area contributed by atoms with Crippen LogP contribution in [0.1, 0.15) is 99.8 Å². The van der Waals surface area contributed by atoms with Gasteiger partial charge in [-0.2, -0.15) is 0 Å². The Bertz CT molecular complexity index is 1060. The molecular weight excluding hydrogens is 482 g/mol. The Morgan fingerprint density at radius 1 is 1.03 bits per heavy atom. The van der Waals surface area contributed by atoms with Gasteiger partial charge in [-0.05, 0) is 89.8 Å². The van der Waals surface area contributed by atoms with Gasteiger partial charge in [-0.15, -0.1) is 11.6 Å². The lowest BCUT2D eigenvalue weighted by molar-refractivity contribution is -0.236. The summed E-state index contributed by atoms with van der Waals surface area (Å²) in [4.78, 5) is 18.3. The molecule has 0 aromatic heterocycles. The van der Waals surface area contributed by atoms with Crippen LogP contribution < -0.4 is 0 Å². The highest BCUT2D eigenvalue weighted by atomic mass is 35.5. The van der Waals surface area contributed by atoms with Gasteiger partial charge in [0, 0.05) is 23.6 Å². The molecule has 206 valence electrons. The van der Waals surface area contributed by atoms with Crippen molar-refractivity contribution in [3.05, 3.63) is 23.2 Å². The molecule has 0 radical (unpaired) electrons. The van der Waals surface area contributed by atoms with Gasteiger partial charge < -0.3 is 10.2 Å². The molecule has 4 saturated carbocycles. The number of rotatable bonds is 2. The van der Waals surface area contributed by atoms with Crippen molar-refractivity contribution in [1.29, 1.82) is 0 Å². The lowest BCUT2D eigenvalue weighted by atomic mass is 9.31. The number of hydrogen-bond donors (Lipinski definition) is 2. The Balaban J connectivity index is 1.63. The molecule has 5 aliphatic carbocycles. The van der Waals surface area contributed by atoms with Crippen molar-refractivity contribution in [2.24, 2.45) is 56.2 Å². The van der Waals surface area contributed by atoms with Crippen molar-refractivity contribution in [3.8, 4) is 0 Å². The first-order valence-electron chi connectivity index (χ1n) is 14.6. The van der Waals surface area contributed by atoms with E-state index in [9.17, 15) is 15.0 Å². The van der Waals surface area contributed by atoms with Crippen LogP contribution in [0.25, 0.3) is 4.85 Å². The van der Waals surface area contributed by atoms with Crippen molar-refractivity contribution >= 4 is 17.4 Å². The minimum atomic E-state index is -0.758. The Kier molecular flexibility index (Phi) is 6.21. The third-order valence-electron chi connectivity index (χ3n) is 13.5. The number of halogens is 1. The lowest BCUT2D eigenvalue weighted by Crippen LogP contribution is -2.69. The molecule has 0 spiro atoms. The van der Waals surface area contributed by atoms with Gasteiger partial charge >= 0.3 is 0 Å². The summed E-state index contributed by atoms with van der Waals surface area (Å²) in [6.07, 6.45) is 8.16. The average Bonchev–Trinajstić information content (AvgIpc) is 2.82. The quantitative estimate of drug-likeness (QED) is 0.298. The molecule has 0 aliphatic heterocycles. The van der Waals surface area contributed by atoms with Crippen LogP contribution in [0, 0.1) is 62.7 Å². The summed E-state index contributed by atoms with van der Waals surface area (Å²) in [5.74, 6) is 1.04. The first-order chi connectivity index (χ1) is 17.0. The summed E-state index contributed by atoms with van der Waals surface area (Å²) in [7, 11) is 0. The monoisotopic (exact) mass is 529 g/mol. The van der Waals surface area contributed by atoms with Crippen molar-refractivity contribution < 1.29 is 15.0 Å². The highest BCUT2D eigenvalue weighted by Crippen LogP contribution is 2.76. The number of Topliss-reactive ketones (excluding diaryl/α,β-unsaturated/α-hetero) is 1. The highest BCUT2D eigenvalue weighted by molar-refractivity contribution is 6.18. The zero-order valence-electron chi connectivity index (χ0n) is 24.0. The second kappa shape index (κ2) is 8.31. The second-order valence-electron chi connectivity index (χ2n) is 15.8. The van der Waals surface area contributed by atoms with Gasteiger partial charge in [-0.25, -0.2) is 4.85 Å². The molecule has 0 bridgehead atoms. The lowest BCUT2D eigenvalue weighted by Gasteiger charge is -2.72. The predicted octanol–water partition coefficient (Wildman–Crippen LogP) is 7.03. The SMILES string of the molecule is [C-]#[N+]C1=C[C@]2(C)[C@H]3CC(=O)[C@@H]4[C@@H]5CC(C)(C)CC[C@]5(C(O)CCl)CC[C@@]4(C)[C@]3(C)CC[C@H]2C(C)(C)C1O. The number of aliphatic hydroxyl groups is 2. The molecule has 0 amide bonds. The number of nitrogens with zero attached hydrogens (tertiary/aromatic N) is 1. The van der Waals surface area contributed by atoms with E-state index in [1.54, 1.807) is 0 Å². The maximum absolute atomic E-state index is 14.5. The van der Waals surface area contributed by atoms with Crippen LogP contribution in [0.15, 0.2) is 11.8 Å². The fourth-order valence-corrected chi connectivity index (χ4v) is 11.5. The van der Waals surface area contributed by atoms with Crippen LogP contribution in [-0.2, 0) is 4.79 Å². The van der Waals surface area contributed by atoms with Crippen molar-refractivity contribution in [1.82, 2.24) is 0 Å². The summed E-state index contributed by atoms with van der Waals surface area (Å²) in [6, 6.07) is 0. The fourth-order valence-electron chi connectivity index (χ4n) is 11.2. The fraction of sp³-hybridized carbons (Fsp3) is 0.875. The van der Waals surface area contributed by atoms with Crippen LogP contribution in [0.5, 0.6) is 0 Å². The van der Waals surface area contributed by atoms with E-state index < -0.39 is 17.6 Å². The normalized spacial score (nSPS) is 50.9. The van der Waals surface area contributed by atoms with Crippen LogP contribution in [0.3, 0.4) is 0 Å². The van der Waals surface area contributed by atoms with Crippen LogP contribution >= 0.6 is 11.6 Å². The van der Waals surface area contributed by atoms with E-state index in [-0.39, 0.29) is 56.6 Å². The maximum atomic E-state index is 14.5. The van der Waals surface area contributed by atoms with Gasteiger partial charge in [-0.1, -0.05) is 54.5 Å².